The minimum atomic E-state index is -0.365. The van der Waals surface area contributed by atoms with E-state index in [4.69, 9.17) is 16.7 Å². The second-order valence-electron chi connectivity index (χ2n) is 8.22. The Kier molecular flexibility index (Phi) is 8.81. The summed E-state index contributed by atoms with van der Waals surface area (Å²) in [5.41, 5.74) is 1.97. The molecule has 36 heavy (non-hydrogen) atoms. The van der Waals surface area contributed by atoms with Crippen molar-refractivity contribution in [3.8, 4) is 11.4 Å². The first-order chi connectivity index (χ1) is 17.5. The molecule has 1 aliphatic heterocycles. The van der Waals surface area contributed by atoms with Crippen LogP contribution in [0, 0.1) is 0 Å². The molecule has 4 rings (SSSR count). The molecule has 4 N–H and O–H groups in total. The number of pyridine rings is 1. The lowest BCUT2D eigenvalue weighted by molar-refractivity contribution is 0.262. The molecule has 0 aliphatic carbocycles. The van der Waals surface area contributed by atoms with Gasteiger partial charge in [-0.15, -0.1) is 11.8 Å². The Bertz CT molecular complexity index is 1170. The Balaban J connectivity index is 1.37. The second kappa shape index (κ2) is 12.2. The first-order valence-corrected chi connectivity index (χ1v) is 13.1. The van der Waals surface area contributed by atoms with Gasteiger partial charge in [0.15, 0.2) is 5.82 Å². The molecule has 0 unspecified atom stereocenters. The molecule has 0 bridgehead atoms. The predicted octanol–water partition coefficient (Wildman–Crippen LogP) is 3.71. The Morgan fingerprint density at radius 2 is 1.75 bits per heavy atom. The van der Waals surface area contributed by atoms with Crippen molar-refractivity contribution in [2.24, 2.45) is 0 Å². The van der Waals surface area contributed by atoms with Crippen LogP contribution in [-0.4, -0.2) is 83.6 Å². The van der Waals surface area contributed by atoms with E-state index in [0.29, 0.717) is 34.7 Å². The molecule has 2 aromatic heterocycles. The number of hydrogen-bond acceptors (Lipinski definition) is 9. The zero-order valence-electron chi connectivity index (χ0n) is 20.2. The number of nitrogens with one attached hydrogen (secondary N) is 3. The Morgan fingerprint density at radius 1 is 1.06 bits per heavy atom. The quantitative estimate of drug-likeness (QED) is 0.256. The standard InChI is InChI=1S/C24H29ClN8O2S/c1-32-10-12-33(13-11-32)19-8-7-18(15-27-19)29-24(35)28-17-5-3-16(4-6-17)22-30-21(25)20(36-2)23(31-22)26-9-14-34/h3-8,15,34H,9-14H2,1-2H3,(H,26,30,31)(H2,28,29,35). The lowest BCUT2D eigenvalue weighted by atomic mass is 10.2. The number of amides is 2. The van der Waals surface area contributed by atoms with Gasteiger partial charge in [-0.05, 0) is 49.7 Å². The fourth-order valence-electron chi connectivity index (χ4n) is 3.71. The molecule has 10 nitrogen and oxygen atoms in total. The molecule has 0 spiro atoms. The highest BCUT2D eigenvalue weighted by Gasteiger charge is 2.16. The largest absolute Gasteiger partial charge is 0.395 e. The lowest BCUT2D eigenvalue weighted by Crippen LogP contribution is -2.44. The Hall–Kier alpha value is -3.12. The number of urea groups is 1. The monoisotopic (exact) mass is 528 g/mol. The Labute approximate surface area is 219 Å². The summed E-state index contributed by atoms with van der Waals surface area (Å²) in [4.78, 5) is 31.2. The number of anilines is 4. The van der Waals surface area contributed by atoms with Crippen LogP contribution in [-0.2, 0) is 0 Å². The maximum absolute atomic E-state index is 12.5. The maximum Gasteiger partial charge on any atom is 0.323 e. The molecule has 12 heteroatoms. The average Bonchev–Trinajstić information content (AvgIpc) is 2.88. The first-order valence-electron chi connectivity index (χ1n) is 11.5. The van der Waals surface area contributed by atoms with Crippen LogP contribution in [0.25, 0.3) is 11.4 Å². The van der Waals surface area contributed by atoms with Crippen molar-refractivity contribution in [3.63, 3.8) is 0 Å². The third-order valence-electron chi connectivity index (χ3n) is 5.67. The molecule has 2 amide bonds. The van der Waals surface area contributed by atoms with Crippen molar-refractivity contribution in [1.82, 2.24) is 19.9 Å². The summed E-state index contributed by atoms with van der Waals surface area (Å²) in [6, 6.07) is 10.6. The molecule has 3 heterocycles. The van der Waals surface area contributed by atoms with E-state index in [2.05, 4.69) is 47.7 Å². The zero-order chi connectivity index (χ0) is 25.5. The van der Waals surface area contributed by atoms with Crippen LogP contribution in [0.3, 0.4) is 0 Å². The van der Waals surface area contributed by atoms with Gasteiger partial charge in [0.05, 0.1) is 23.4 Å². The summed E-state index contributed by atoms with van der Waals surface area (Å²) in [5, 5.41) is 18.2. The van der Waals surface area contributed by atoms with E-state index in [-0.39, 0.29) is 12.6 Å². The van der Waals surface area contributed by atoms with Gasteiger partial charge < -0.3 is 30.9 Å². The van der Waals surface area contributed by atoms with E-state index in [1.165, 1.54) is 11.8 Å². The van der Waals surface area contributed by atoms with Gasteiger partial charge in [0.2, 0.25) is 0 Å². The van der Waals surface area contributed by atoms with E-state index >= 15 is 0 Å². The van der Waals surface area contributed by atoms with Gasteiger partial charge in [-0.25, -0.2) is 19.7 Å². The van der Waals surface area contributed by atoms with Crippen LogP contribution in [0.2, 0.25) is 5.15 Å². The van der Waals surface area contributed by atoms with Crippen molar-refractivity contribution in [2.75, 3.05) is 73.5 Å². The molecule has 1 saturated heterocycles. The predicted molar refractivity (Wildman–Crippen MR) is 146 cm³/mol. The van der Waals surface area contributed by atoms with Crippen molar-refractivity contribution in [3.05, 3.63) is 47.7 Å². The summed E-state index contributed by atoms with van der Waals surface area (Å²) in [7, 11) is 2.12. The number of hydrogen-bond donors (Lipinski definition) is 4. The maximum atomic E-state index is 12.5. The number of aliphatic hydroxyl groups excluding tert-OH is 1. The third kappa shape index (κ3) is 6.55. The summed E-state index contributed by atoms with van der Waals surface area (Å²) in [6.45, 7) is 4.22. The van der Waals surface area contributed by atoms with E-state index < -0.39 is 0 Å². The lowest BCUT2D eigenvalue weighted by Gasteiger charge is -2.33. The number of aromatic nitrogens is 3. The second-order valence-corrected chi connectivity index (χ2v) is 9.40. The fourth-order valence-corrected chi connectivity index (χ4v) is 4.63. The fraction of sp³-hybridized carbons (Fsp3) is 0.333. The van der Waals surface area contributed by atoms with E-state index in [1.807, 2.05) is 30.5 Å². The van der Waals surface area contributed by atoms with Crippen LogP contribution >= 0.6 is 23.4 Å². The normalized spacial score (nSPS) is 13.9. The smallest absolute Gasteiger partial charge is 0.323 e. The summed E-state index contributed by atoms with van der Waals surface area (Å²) in [6.07, 6.45) is 3.55. The SMILES string of the molecule is CSc1c(Cl)nc(-c2ccc(NC(=O)Nc3ccc(N4CCN(C)CC4)nc3)cc2)nc1NCCO. The van der Waals surface area contributed by atoms with Gasteiger partial charge in [0, 0.05) is 44.0 Å². The van der Waals surface area contributed by atoms with Crippen molar-refractivity contribution >= 4 is 52.4 Å². The van der Waals surface area contributed by atoms with Gasteiger partial charge >= 0.3 is 6.03 Å². The molecule has 1 aliphatic rings. The molecule has 190 valence electrons. The molecule has 1 fully saturated rings. The molecular weight excluding hydrogens is 500 g/mol. The van der Waals surface area contributed by atoms with Gasteiger partial charge in [-0.2, -0.15) is 0 Å². The highest BCUT2D eigenvalue weighted by Crippen LogP contribution is 2.32. The Morgan fingerprint density at radius 3 is 2.39 bits per heavy atom. The number of carbonyl (C=O) groups excluding carboxylic acids is 1. The average molecular weight is 529 g/mol. The van der Waals surface area contributed by atoms with Crippen molar-refractivity contribution < 1.29 is 9.90 Å². The zero-order valence-corrected chi connectivity index (χ0v) is 21.7. The number of piperazine rings is 1. The van der Waals surface area contributed by atoms with Crippen LogP contribution in [0.1, 0.15) is 0 Å². The molecule has 1 aromatic carbocycles. The number of halogens is 1. The number of thioether (sulfide) groups is 1. The van der Waals surface area contributed by atoms with Crippen molar-refractivity contribution in [2.45, 2.75) is 4.90 Å². The highest BCUT2D eigenvalue weighted by molar-refractivity contribution is 7.98. The summed E-state index contributed by atoms with van der Waals surface area (Å²) < 4.78 is 0. The summed E-state index contributed by atoms with van der Waals surface area (Å²) in [5.74, 6) is 1.92. The number of likely N-dealkylation sites (N-methyl/N-ethyl adjacent to an activating group) is 1. The minimum absolute atomic E-state index is 0.0241. The number of aliphatic hydroxyl groups is 1. The van der Waals surface area contributed by atoms with E-state index in [0.717, 1.165) is 42.5 Å². The van der Waals surface area contributed by atoms with Crippen LogP contribution < -0.4 is 20.9 Å². The summed E-state index contributed by atoms with van der Waals surface area (Å²) >= 11 is 7.78. The van der Waals surface area contributed by atoms with Gasteiger partial charge in [0.1, 0.15) is 16.8 Å². The first kappa shape index (κ1) is 26.0. The van der Waals surface area contributed by atoms with Crippen LogP contribution in [0.5, 0.6) is 0 Å². The number of benzene rings is 1. The van der Waals surface area contributed by atoms with Crippen LogP contribution in [0.15, 0.2) is 47.5 Å². The number of rotatable bonds is 8. The minimum Gasteiger partial charge on any atom is -0.395 e. The van der Waals surface area contributed by atoms with Gasteiger partial charge in [0.25, 0.3) is 0 Å². The van der Waals surface area contributed by atoms with E-state index in [9.17, 15) is 4.79 Å². The highest BCUT2D eigenvalue weighted by atomic mass is 35.5. The molecule has 0 radical (unpaired) electrons. The molecular formula is C24H29ClN8O2S. The third-order valence-corrected chi connectivity index (χ3v) is 6.85. The molecule has 0 atom stereocenters. The topological polar surface area (TPSA) is 119 Å². The molecule has 0 saturated carbocycles. The molecule has 3 aromatic rings. The number of nitrogens with zero attached hydrogens (tertiary/aromatic N) is 5. The van der Waals surface area contributed by atoms with Crippen molar-refractivity contribution in [1.29, 1.82) is 0 Å². The van der Waals surface area contributed by atoms with Crippen LogP contribution in [0.4, 0.5) is 27.8 Å². The number of carbonyl (C=O) groups is 1. The van der Waals surface area contributed by atoms with Gasteiger partial charge in [-0.1, -0.05) is 11.6 Å². The van der Waals surface area contributed by atoms with E-state index in [1.54, 1.807) is 18.3 Å². The van der Waals surface area contributed by atoms with Gasteiger partial charge in [-0.3, -0.25) is 0 Å².